The van der Waals surface area contributed by atoms with E-state index in [2.05, 4.69) is 169 Å². The zero-order valence-electron chi connectivity index (χ0n) is 29.2. The second-order valence-electron chi connectivity index (χ2n) is 14.1. The van der Waals surface area contributed by atoms with Gasteiger partial charge in [0.15, 0.2) is 0 Å². The Hall–Kier alpha value is -5.58. The molecular weight excluding hydrogens is 697 g/mol. The number of aryl methyl sites for hydroxylation is 2. The van der Waals surface area contributed by atoms with Crippen LogP contribution in [0.3, 0.4) is 0 Å². The molecule has 53 heavy (non-hydrogen) atoms. The third-order valence-electron chi connectivity index (χ3n) is 11.2. The van der Waals surface area contributed by atoms with E-state index in [1.54, 1.807) is 22.7 Å². The SMILES string of the molecule is Cc1cscc1-c1c2ccccc2c(-c2ccc3c(c2)sc2cccc(-c4c5ccccc5c(-c5cscc5C)c5ccccc45)c23)c2ccccc12. The van der Waals surface area contributed by atoms with Gasteiger partial charge in [0.1, 0.15) is 0 Å². The van der Waals surface area contributed by atoms with E-state index in [9.17, 15) is 0 Å². The second-order valence-corrected chi connectivity index (χ2v) is 16.7. The standard InChI is InChI=1S/C50H32S3/c1-29-25-51-27-42(29)48-34-14-5-3-12-32(34)46(33-13-4-6-15-35(33)48)31-22-23-40-45(24-31)53-44-21-11-20-41(50(40)44)47-36-16-7-9-18-38(36)49(43-28-52-26-30(43)2)39-19-10-8-17-37(39)47/h3-28H,1-2H3. The van der Waals surface area contributed by atoms with Crippen LogP contribution in [0.4, 0.5) is 0 Å². The van der Waals surface area contributed by atoms with Crippen LogP contribution in [-0.2, 0) is 0 Å². The van der Waals surface area contributed by atoms with Crippen molar-refractivity contribution in [3.63, 3.8) is 0 Å². The molecule has 8 aromatic carbocycles. The Morgan fingerprint density at radius 3 is 1.21 bits per heavy atom. The first kappa shape index (κ1) is 31.0. The van der Waals surface area contributed by atoms with Gasteiger partial charge < -0.3 is 0 Å². The number of hydrogen-bond donors (Lipinski definition) is 0. The minimum Gasteiger partial charge on any atom is -0.151 e. The highest BCUT2D eigenvalue weighted by Crippen LogP contribution is 2.50. The minimum absolute atomic E-state index is 1.26. The average molecular weight is 729 g/mol. The zero-order chi connectivity index (χ0) is 35.2. The monoisotopic (exact) mass is 728 g/mol. The van der Waals surface area contributed by atoms with Crippen molar-refractivity contribution >= 4 is 97.3 Å². The highest BCUT2D eigenvalue weighted by molar-refractivity contribution is 7.26. The Labute approximate surface area is 319 Å². The van der Waals surface area contributed by atoms with Crippen molar-refractivity contribution in [1.29, 1.82) is 0 Å². The molecule has 0 fully saturated rings. The predicted octanol–water partition coefficient (Wildman–Crippen LogP) is 16.1. The molecule has 0 amide bonds. The van der Waals surface area contributed by atoms with Gasteiger partial charge in [0.05, 0.1) is 0 Å². The molecule has 250 valence electrons. The van der Waals surface area contributed by atoms with Crippen molar-refractivity contribution < 1.29 is 0 Å². The predicted molar refractivity (Wildman–Crippen MR) is 236 cm³/mol. The van der Waals surface area contributed by atoms with E-state index in [0.29, 0.717) is 0 Å². The molecular formula is C50H32S3. The minimum atomic E-state index is 1.26. The Bertz CT molecular complexity index is 3140. The lowest BCUT2D eigenvalue weighted by Gasteiger charge is -2.18. The molecule has 0 saturated heterocycles. The summed E-state index contributed by atoms with van der Waals surface area (Å²) >= 11 is 5.48. The van der Waals surface area contributed by atoms with Gasteiger partial charge in [-0.2, -0.15) is 22.7 Å². The van der Waals surface area contributed by atoms with E-state index in [1.807, 2.05) is 11.3 Å². The van der Waals surface area contributed by atoms with Gasteiger partial charge in [-0.25, -0.2) is 0 Å². The summed E-state index contributed by atoms with van der Waals surface area (Å²) in [6.07, 6.45) is 0. The Morgan fingerprint density at radius 1 is 0.340 bits per heavy atom. The molecule has 0 atom stereocenters. The van der Waals surface area contributed by atoms with Crippen LogP contribution < -0.4 is 0 Å². The summed E-state index contributed by atoms with van der Waals surface area (Å²) in [6.45, 7) is 4.47. The van der Waals surface area contributed by atoms with Gasteiger partial charge in [-0.1, -0.05) is 121 Å². The van der Waals surface area contributed by atoms with Gasteiger partial charge in [-0.05, 0) is 146 Å². The van der Waals surface area contributed by atoms with Crippen molar-refractivity contribution in [2.45, 2.75) is 13.8 Å². The number of fused-ring (bicyclic) bond motifs is 7. The zero-order valence-corrected chi connectivity index (χ0v) is 31.7. The van der Waals surface area contributed by atoms with Crippen molar-refractivity contribution in [1.82, 2.24) is 0 Å². The molecule has 0 nitrogen and oxygen atoms in total. The maximum absolute atomic E-state index is 2.45. The van der Waals surface area contributed by atoms with E-state index in [1.165, 1.54) is 119 Å². The molecule has 0 radical (unpaired) electrons. The molecule has 0 N–H and O–H groups in total. The third kappa shape index (κ3) is 4.58. The van der Waals surface area contributed by atoms with Crippen molar-refractivity contribution in [2.75, 3.05) is 0 Å². The van der Waals surface area contributed by atoms with Crippen LogP contribution in [0.1, 0.15) is 11.1 Å². The van der Waals surface area contributed by atoms with Gasteiger partial charge in [0.2, 0.25) is 0 Å². The van der Waals surface area contributed by atoms with Gasteiger partial charge in [0, 0.05) is 20.2 Å². The fourth-order valence-electron chi connectivity index (χ4n) is 8.86. The Morgan fingerprint density at radius 2 is 0.774 bits per heavy atom. The smallest absolute Gasteiger partial charge is 0.0361 e. The molecule has 11 rings (SSSR count). The highest BCUT2D eigenvalue weighted by atomic mass is 32.1. The van der Waals surface area contributed by atoms with Crippen LogP contribution in [0.15, 0.2) is 155 Å². The van der Waals surface area contributed by atoms with Gasteiger partial charge in [-0.15, -0.1) is 11.3 Å². The lowest BCUT2D eigenvalue weighted by molar-refractivity contribution is 1.55. The van der Waals surface area contributed by atoms with Gasteiger partial charge >= 0.3 is 0 Å². The quantitative estimate of drug-likeness (QED) is 0.158. The van der Waals surface area contributed by atoms with Crippen LogP contribution in [0.2, 0.25) is 0 Å². The molecule has 0 aliphatic heterocycles. The average Bonchev–Trinajstić information content (AvgIpc) is 3.93. The summed E-state index contributed by atoms with van der Waals surface area (Å²) in [6, 6.07) is 50.2. The number of rotatable bonds is 4. The first-order valence-corrected chi connectivity index (χ1v) is 20.7. The molecule has 0 saturated carbocycles. The van der Waals surface area contributed by atoms with E-state index < -0.39 is 0 Å². The maximum atomic E-state index is 2.45. The summed E-state index contributed by atoms with van der Waals surface area (Å²) in [4.78, 5) is 0. The Kier molecular flexibility index (Phi) is 7.00. The van der Waals surface area contributed by atoms with E-state index >= 15 is 0 Å². The van der Waals surface area contributed by atoms with Crippen molar-refractivity contribution in [2.24, 2.45) is 0 Å². The molecule has 0 aliphatic rings. The first-order chi connectivity index (χ1) is 26.2. The Balaban J connectivity index is 1.19. The molecule has 3 heteroatoms. The van der Waals surface area contributed by atoms with E-state index in [4.69, 9.17) is 0 Å². The maximum Gasteiger partial charge on any atom is 0.0361 e. The summed E-state index contributed by atoms with van der Waals surface area (Å²) in [5.74, 6) is 0. The summed E-state index contributed by atoms with van der Waals surface area (Å²) in [5, 5.41) is 22.2. The highest BCUT2D eigenvalue weighted by Gasteiger charge is 2.22. The fraction of sp³-hybridized carbons (Fsp3) is 0.0400. The summed E-state index contributed by atoms with van der Waals surface area (Å²) < 4.78 is 2.63. The van der Waals surface area contributed by atoms with E-state index in [-0.39, 0.29) is 0 Å². The molecule has 0 aliphatic carbocycles. The summed E-state index contributed by atoms with van der Waals surface area (Å²) in [7, 11) is 0. The van der Waals surface area contributed by atoms with Crippen LogP contribution in [0.5, 0.6) is 0 Å². The molecule has 11 aromatic rings. The topological polar surface area (TPSA) is 0 Å². The molecule has 0 unspecified atom stereocenters. The normalized spacial score (nSPS) is 12.0. The lowest BCUT2D eigenvalue weighted by atomic mass is 9.84. The van der Waals surface area contributed by atoms with Gasteiger partial charge in [-0.3, -0.25) is 0 Å². The number of hydrogen-bond acceptors (Lipinski definition) is 3. The van der Waals surface area contributed by atoms with Gasteiger partial charge in [0.25, 0.3) is 0 Å². The summed E-state index contributed by atoms with van der Waals surface area (Å²) in [5.41, 5.74) is 13.2. The van der Waals surface area contributed by atoms with Crippen LogP contribution in [-0.4, -0.2) is 0 Å². The number of benzene rings is 8. The fourth-order valence-corrected chi connectivity index (χ4v) is 11.7. The van der Waals surface area contributed by atoms with E-state index in [0.717, 1.165) is 0 Å². The lowest BCUT2D eigenvalue weighted by Crippen LogP contribution is -1.91. The van der Waals surface area contributed by atoms with Crippen molar-refractivity contribution in [3.8, 4) is 44.5 Å². The first-order valence-electron chi connectivity index (χ1n) is 18.0. The third-order valence-corrected chi connectivity index (χ3v) is 14.0. The molecule has 3 aromatic heterocycles. The largest absolute Gasteiger partial charge is 0.151 e. The molecule has 0 bridgehead atoms. The molecule has 0 spiro atoms. The molecule has 3 heterocycles. The second kappa shape index (κ2) is 12.0. The van der Waals surface area contributed by atoms with Crippen LogP contribution >= 0.6 is 34.0 Å². The number of thiophene rings is 3. The van der Waals surface area contributed by atoms with Crippen LogP contribution in [0.25, 0.3) is 108 Å². The van der Waals surface area contributed by atoms with Crippen molar-refractivity contribution in [3.05, 3.63) is 166 Å². The van der Waals surface area contributed by atoms with Crippen LogP contribution in [0, 0.1) is 13.8 Å².